The second kappa shape index (κ2) is 8.84. The molecule has 0 saturated heterocycles. The molecule has 2 heterocycles. The van der Waals surface area contributed by atoms with Crippen LogP contribution >= 0.6 is 11.8 Å². The first-order valence-electron chi connectivity index (χ1n) is 9.33. The number of rotatable bonds is 7. The van der Waals surface area contributed by atoms with Gasteiger partial charge < -0.3 is 0 Å². The van der Waals surface area contributed by atoms with Crippen molar-refractivity contribution in [2.75, 3.05) is 5.75 Å². The van der Waals surface area contributed by atoms with Crippen LogP contribution in [0.2, 0.25) is 0 Å². The number of para-hydroxylation sites is 1. The molecular formula is C23H19N3O2S. The summed E-state index contributed by atoms with van der Waals surface area (Å²) in [5.74, 6) is 0.229. The summed E-state index contributed by atoms with van der Waals surface area (Å²) < 4.78 is 1.65. The lowest BCUT2D eigenvalue weighted by molar-refractivity contribution is 0.102. The van der Waals surface area contributed by atoms with Crippen LogP contribution in [0.5, 0.6) is 0 Å². The van der Waals surface area contributed by atoms with E-state index in [9.17, 15) is 9.59 Å². The molecule has 4 aromatic rings. The molecule has 144 valence electrons. The second-order valence-corrected chi connectivity index (χ2v) is 7.46. The van der Waals surface area contributed by atoms with Gasteiger partial charge in [-0.2, -0.15) is 0 Å². The fraction of sp³-hybridized carbons (Fsp3) is 0.130. The van der Waals surface area contributed by atoms with E-state index < -0.39 is 0 Å². The number of pyridine rings is 1. The third kappa shape index (κ3) is 4.43. The van der Waals surface area contributed by atoms with Gasteiger partial charge in [0.05, 0.1) is 16.7 Å². The van der Waals surface area contributed by atoms with Crippen molar-refractivity contribution in [3.63, 3.8) is 0 Å². The van der Waals surface area contributed by atoms with E-state index in [2.05, 4.69) is 9.97 Å². The van der Waals surface area contributed by atoms with Crippen molar-refractivity contribution >= 4 is 28.4 Å². The van der Waals surface area contributed by atoms with Gasteiger partial charge >= 0.3 is 0 Å². The lowest BCUT2D eigenvalue weighted by Gasteiger charge is -2.13. The molecule has 0 fully saturated rings. The molecule has 0 N–H and O–H groups in total. The number of fused-ring (bicyclic) bond motifs is 1. The van der Waals surface area contributed by atoms with E-state index in [1.165, 1.54) is 11.8 Å². The van der Waals surface area contributed by atoms with Gasteiger partial charge in [-0.05, 0) is 24.3 Å². The Morgan fingerprint density at radius 3 is 2.48 bits per heavy atom. The smallest absolute Gasteiger partial charge is 0.262 e. The van der Waals surface area contributed by atoms with Crippen LogP contribution in [0.3, 0.4) is 0 Å². The van der Waals surface area contributed by atoms with Gasteiger partial charge in [-0.15, -0.1) is 0 Å². The Hall–Kier alpha value is -3.25. The van der Waals surface area contributed by atoms with Gasteiger partial charge in [-0.3, -0.25) is 19.1 Å². The highest BCUT2D eigenvalue weighted by molar-refractivity contribution is 7.99. The number of thioether (sulfide) groups is 1. The summed E-state index contributed by atoms with van der Waals surface area (Å²) in [4.78, 5) is 34.6. The predicted octanol–water partition coefficient (Wildman–Crippen LogP) is 4.01. The quantitative estimate of drug-likeness (QED) is 0.266. The standard InChI is InChI=1S/C23H19N3O2S/c27-21(17-8-2-1-3-9-17)16-29-23-25-20-12-5-4-11-19(20)22(28)26(23)15-13-18-10-6-7-14-24-18/h1-12,14H,13,15-16H2. The minimum atomic E-state index is -0.0961. The highest BCUT2D eigenvalue weighted by Gasteiger charge is 2.14. The summed E-state index contributed by atoms with van der Waals surface area (Å²) in [7, 11) is 0. The molecule has 0 unspecified atom stereocenters. The third-order valence-corrected chi connectivity index (χ3v) is 5.55. The lowest BCUT2D eigenvalue weighted by Crippen LogP contribution is -2.25. The number of carbonyl (C=O) groups is 1. The SMILES string of the molecule is O=C(CSc1nc2ccccc2c(=O)n1CCc1ccccn1)c1ccccc1. The topological polar surface area (TPSA) is 64.8 Å². The average Bonchev–Trinajstić information content (AvgIpc) is 2.78. The Morgan fingerprint density at radius 2 is 1.69 bits per heavy atom. The van der Waals surface area contributed by atoms with E-state index in [0.29, 0.717) is 34.6 Å². The minimum absolute atomic E-state index is 0.00860. The summed E-state index contributed by atoms with van der Waals surface area (Å²) >= 11 is 1.30. The normalized spacial score (nSPS) is 10.9. The summed E-state index contributed by atoms with van der Waals surface area (Å²) in [5.41, 5.74) is 2.11. The van der Waals surface area contributed by atoms with Gasteiger partial charge in [0.1, 0.15) is 0 Å². The average molecular weight is 401 g/mol. The van der Waals surface area contributed by atoms with Crippen molar-refractivity contribution in [3.8, 4) is 0 Å². The molecule has 0 atom stereocenters. The number of ketones is 1. The van der Waals surface area contributed by atoms with Gasteiger partial charge in [-0.25, -0.2) is 4.98 Å². The second-order valence-electron chi connectivity index (χ2n) is 6.52. The van der Waals surface area contributed by atoms with Crippen LogP contribution in [0.15, 0.2) is 88.9 Å². The minimum Gasteiger partial charge on any atom is -0.293 e. The van der Waals surface area contributed by atoms with E-state index in [4.69, 9.17) is 0 Å². The number of aromatic nitrogens is 3. The largest absolute Gasteiger partial charge is 0.293 e. The lowest BCUT2D eigenvalue weighted by atomic mass is 10.2. The van der Waals surface area contributed by atoms with Crippen LogP contribution in [0, 0.1) is 0 Å². The summed E-state index contributed by atoms with van der Waals surface area (Å²) in [6, 6.07) is 22.2. The molecule has 4 rings (SSSR count). The first-order valence-corrected chi connectivity index (χ1v) is 10.3. The van der Waals surface area contributed by atoms with E-state index in [0.717, 1.165) is 5.69 Å². The van der Waals surface area contributed by atoms with Crippen LogP contribution in [0.1, 0.15) is 16.1 Å². The number of nitrogens with zero attached hydrogens (tertiary/aromatic N) is 3. The van der Waals surface area contributed by atoms with Gasteiger partial charge in [0.2, 0.25) is 0 Å². The third-order valence-electron chi connectivity index (χ3n) is 4.57. The molecule has 6 heteroatoms. The molecule has 0 aliphatic rings. The first kappa shape index (κ1) is 19.1. The van der Waals surface area contributed by atoms with Crippen molar-refractivity contribution in [3.05, 3.63) is 101 Å². The number of hydrogen-bond acceptors (Lipinski definition) is 5. The summed E-state index contributed by atoms with van der Waals surface area (Å²) in [6.45, 7) is 0.454. The number of benzene rings is 2. The molecule has 0 amide bonds. The van der Waals surface area contributed by atoms with Crippen LogP contribution in [-0.4, -0.2) is 26.1 Å². The molecule has 0 bridgehead atoms. The fourth-order valence-corrected chi connectivity index (χ4v) is 3.98. The van der Waals surface area contributed by atoms with Crippen molar-refractivity contribution in [1.29, 1.82) is 0 Å². The van der Waals surface area contributed by atoms with Crippen LogP contribution in [-0.2, 0) is 13.0 Å². The van der Waals surface area contributed by atoms with E-state index in [-0.39, 0.29) is 17.1 Å². The first-order chi connectivity index (χ1) is 14.2. The summed E-state index contributed by atoms with van der Waals surface area (Å²) in [6.07, 6.45) is 2.35. The highest BCUT2D eigenvalue weighted by atomic mass is 32.2. The molecule has 2 aromatic carbocycles. The van der Waals surface area contributed by atoms with Crippen LogP contribution in [0.25, 0.3) is 10.9 Å². The molecule has 29 heavy (non-hydrogen) atoms. The zero-order chi connectivity index (χ0) is 20.1. The maximum Gasteiger partial charge on any atom is 0.262 e. The Bertz CT molecular complexity index is 1190. The number of hydrogen-bond donors (Lipinski definition) is 0. The monoisotopic (exact) mass is 401 g/mol. The molecule has 0 spiro atoms. The molecule has 2 aromatic heterocycles. The molecule has 0 radical (unpaired) electrons. The molecule has 0 saturated carbocycles. The van der Waals surface area contributed by atoms with E-state index >= 15 is 0 Å². The Kier molecular flexibility index (Phi) is 5.81. The van der Waals surface area contributed by atoms with E-state index in [1.54, 1.807) is 29.0 Å². The molecule has 0 aliphatic heterocycles. The van der Waals surface area contributed by atoms with Crippen molar-refractivity contribution in [2.45, 2.75) is 18.1 Å². The zero-order valence-corrected chi connectivity index (χ0v) is 16.5. The summed E-state index contributed by atoms with van der Waals surface area (Å²) in [5, 5.41) is 1.13. The van der Waals surface area contributed by atoms with Crippen molar-refractivity contribution < 1.29 is 4.79 Å². The number of Topliss-reactive ketones (excluding diaryl/α,β-unsaturated/α-hetero) is 1. The Labute approximate surface area is 172 Å². The predicted molar refractivity (Wildman–Crippen MR) is 115 cm³/mol. The highest BCUT2D eigenvalue weighted by Crippen LogP contribution is 2.19. The fourth-order valence-electron chi connectivity index (χ4n) is 3.06. The Morgan fingerprint density at radius 1 is 0.931 bits per heavy atom. The van der Waals surface area contributed by atoms with Crippen molar-refractivity contribution in [1.82, 2.24) is 14.5 Å². The van der Waals surface area contributed by atoms with E-state index in [1.807, 2.05) is 54.6 Å². The molecule has 0 aliphatic carbocycles. The van der Waals surface area contributed by atoms with Gasteiger partial charge in [0.25, 0.3) is 5.56 Å². The number of carbonyl (C=O) groups excluding carboxylic acids is 1. The van der Waals surface area contributed by atoms with Crippen LogP contribution in [0.4, 0.5) is 0 Å². The zero-order valence-electron chi connectivity index (χ0n) is 15.7. The van der Waals surface area contributed by atoms with Crippen molar-refractivity contribution in [2.24, 2.45) is 0 Å². The van der Waals surface area contributed by atoms with Gasteiger partial charge in [-0.1, -0.05) is 60.3 Å². The number of aryl methyl sites for hydroxylation is 1. The molecular weight excluding hydrogens is 382 g/mol. The maximum absolute atomic E-state index is 13.1. The van der Waals surface area contributed by atoms with Crippen LogP contribution < -0.4 is 5.56 Å². The molecule has 5 nitrogen and oxygen atoms in total. The van der Waals surface area contributed by atoms with Gasteiger partial charge in [0.15, 0.2) is 10.9 Å². The maximum atomic E-state index is 13.1. The van der Waals surface area contributed by atoms with Gasteiger partial charge in [0, 0.05) is 30.4 Å². The Balaban J connectivity index is 1.63.